The first kappa shape index (κ1) is 14.6. The first-order valence-electron chi connectivity index (χ1n) is 8.07. The lowest BCUT2D eigenvalue weighted by molar-refractivity contribution is 0.225. The molecular formula is C16H29N3. The Balaban J connectivity index is 2.04. The Hall–Kier alpha value is -0.830. The molecule has 3 heteroatoms. The van der Waals surface area contributed by atoms with Gasteiger partial charge in [-0.15, -0.1) is 0 Å². The van der Waals surface area contributed by atoms with Crippen molar-refractivity contribution in [1.29, 1.82) is 0 Å². The fourth-order valence-electron chi connectivity index (χ4n) is 2.93. The molecule has 1 heterocycles. The van der Waals surface area contributed by atoms with Gasteiger partial charge in [0.2, 0.25) is 0 Å². The molecule has 0 aromatic carbocycles. The van der Waals surface area contributed by atoms with Crippen LogP contribution in [-0.4, -0.2) is 22.4 Å². The van der Waals surface area contributed by atoms with E-state index in [4.69, 9.17) is 0 Å². The molecule has 0 spiro atoms. The second-order valence-electron chi connectivity index (χ2n) is 5.75. The Morgan fingerprint density at radius 3 is 2.68 bits per heavy atom. The van der Waals surface area contributed by atoms with E-state index in [2.05, 4.69) is 41.9 Å². The fourth-order valence-corrected chi connectivity index (χ4v) is 2.93. The molecule has 0 saturated heterocycles. The number of nitrogens with one attached hydrogen (secondary N) is 1. The van der Waals surface area contributed by atoms with Crippen LogP contribution in [0.1, 0.15) is 57.8 Å². The smallest absolute Gasteiger partial charge is 0.0624 e. The summed E-state index contributed by atoms with van der Waals surface area (Å²) in [5, 5.41) is 8.43. The standard InChI is InChI=1S/C16H29N3/c1-4-10-17-16(13-8-7-9-13)12-15-11-14(5-2)18-19(15)6-3/h11,13,16-17H,4-10,12H2,1-3H3. The van der Waals surface area contributed by atoms with Crippen LogP contribution in [0.4, 0.5) is 0 Å². The molecule has 1 aliphatic carbocycles. The van der Waals surface area contributed by atoms with Crippen molar-refractivity contribution in [1.82, 2.24) is 15.1 Å². The van der Waals surface area contributed by atoms with Crippen LogP contribution in [-0.2, 0) is 19.4 Å². The maximum Gasteiger partial charge on any atom is 0.0624 e. The zero-order valence-corrected chi connectivity index (χ0v) is 12.8. The van der Waals surface area contributed by atoms with Crippen molar-refractivity contribution in [2.24, 2.45) is 5.92 Å². The summed E-state index contributed by atoms with van der Waals surface area (Å²) in [6.07, 6.45) is 7.63. The number of hydrogen-bond donors (Lipinski definition) is 1. The zero-order chi connectivity index (χ0) is 13.7. The highest BCUT2D eigenvalue weighted by Crippen LogP contribution is 2.31. The van der Waals surface area contributed by atoms with E-state index in [0.717, 1.165) is 31.8 Å². The first-order chi connectivity index (χ1) is 9.28. The van der Waals surface area contributed by atoms with Crippen molar-refractivity contribution in [3.63, 3.8) is 0 Å². The van der Waals surface area contributed by atoms with Gasteiger partial charge in [-0.2, -0.15) is 5.10 Å². The Morgan fingerprint density at radius 1 is 1.37 bits per heavy atom. The molecule has 1 atom stereocenters. The molecule has 1 N–H and O–H groups in total. The van der Waals surface area contributed by atoms with Crippen molar-refractivity contribution in [3.05, 3.63) is 17.5 Å². The van der Waals surface area contributed by atoms with Crippen LogP contribution < -0.4 is 5.32 Å². The lowest BCUT2D eigenvalue weighted by Crippen LogP contribution is -2.41. The Morgan fingerprint density at radius 2 is 2.16 bits per heavy atom. The predicted molar refractivity (Wildman–Crippen MR) is 80.4 cm³/mol. The van der Waals surface area contributed by atoms with Crippen molar-refractivity contribution in [2.75, 3.05) is 6.54 Å². The molecule has 0 aliphatic heterocycles. The minimum absolute atomic E-state index is 0.653. The average molecular weight is 263 g/mol. The van der Waals surface area contributed by atoms with Gasteiger partial charge in [0.25, 0.3) is 0 Å². The van der Waals surface area contributed by atoms with E-state index in [0.29, 0.717) is 6.04 Å². The Kier molecular flexibility index (Phi) is 5.44. The van der Waals surface area contributed by atoms with Gasteiger partial charge < -0.3 is 5.32 Å². The monoisotopic (exact) mass is 263 g/mol. The van der Waals surface area contributed by atoms with Crippen LogP contribution >= 0.6 is 0 Å². The number of nitrogens with zero attached hydrogens (tertiary/aromatic N) is 2. The zero-order valence-electron chi connectivity index (χ0n) is 12.8. The molecule has 108 valence electrons. The number of aromatic nitrogens is 2. The fraction of sp³-hybridized carbons (Fsp3) is 0.812. The van der Waals surface area contributed by atoms with Crippen molar-refractivity contribution >= 4 is 0 Å². The predicted octanol–water partition coefficient (Wildman–Crippen LogP) is 3.18. The van der Waals surface area contributed by atoms with E-state index in [1.165, 1.54) is 37.1 Å². The number of hydrogen-bond acceptors (Lipinski definition) is 2. The van der Waals surface area contributed by atoms with Gasteiger partial charge in [-0.25, -0.2) is 0 Å². The highest BCUT2D eigenvalue weighted by molar-refractivity contribution is 5.12. The van der Waals surface area contributed by atoms with Crippen LogP contribution in [0.25, 0.3) is 0 Å². The maximum atomic E-state index is 4.67. The molecule has 1 aromatic heterocycles. The third-order valence-electron chi connectivity index (χ3n) is 4.38. The molecule has 3 nitrogen and oxygen atoms in total. The van der Waals surface area contributed by atoms with Crippen LogP contribution in [0.15, 0.2) is 6.07 Å². The highest BCUT2D eigenvalue weighted by Gasteiger charge is 2.27. The van der Waals surface area contributed by atoms with Gasteiger partial charge in [0.15, 0.2) is 0 Å². The molecular weight excluding hydrogens is 234 g/mol. The SMILES string of the molecule is CCCNC(Cc1cc(CC)nn1CC)C1CCC1. The second kappa shape index (κ2) is 7.09. The topological polar surface area (TPSA) is 29.9 Å². The molecule has 2 rings (SSSR count). The van der Waals surface area contributed by atoms with Crippen LogP contribution in [0.5, 0.6) is 0 Å². The third kappa shape index (κ3) is 3.59. The summed E-state index contributed by atoms with van der Waals surface area (Å²) in [6, 6.07) is 2.96. The molecule has 1 fully saturated rings. The van der Waals surface area contributed by atoms with Gasteiger partial charge >= 0.3 is 0 Å². The molecule has 1 saturated carbocycles. The van der Waals surface area contributed by atoms with Crippen LogP contribution in [0.3, 0.4) is 0 Å². The summed E-state index contributed by atoms with van der Waals surface area (Å²) in [5.41, 5.74) is 2.65. The summed E-state index contributed by atoms with van der Waals surface area (Å²) in [5.74, 6) is 0.886. The largest absolute Gasteiger partial charge is 0.313 e. The lowest BCUT2D eigenvalue weighted by atomic mass is 9.78. The number of rotatable bonds is 8. The van der Waals surface area contributed by atoms with E-state index in [1.54, 1.807) is 0 Å². The Labute approximate surface area is 117 Å². The molecule has 19 heavy (non-hydrogen) atoms. The summed E-state index contributed by atoms with van der Waals surface area (Å²) in [6.45, 7) is 8.75. The average Bonchev–Trinajstić information content (AvgIpc) is 2.76. The van der Waals surface area contributed by atoms with E-state index in [-0.39, 0.29) is 0 Å². The van der Waals surface area contributed by atoms with Gasteiger partial charge in [-0.05, 0) is 51.1 Å². The molecule has 0 amide bonds. The van der Waals surface area contributed by atoms with Crippen LogP contribution in [0.2, 0.25) is 0 Å². The van der Waals surface area contributed by atoms with Crippen molar-refractivity contribution in [3.8, 4) is 0 Å². The van der Waals surface area contributed by atoms with Gasteiger partial charge in [-0.1, -0.05) is 20.3 Å². The molecule has 0 bridgehead atoms. The minimum atomic E-state index is 0.653. The summed E-state index contributed by atoms with van der Waals surface area (Å²) >= 11 is 0. The van der Waals surface area contributed by atoms with E-state index in [9.17, 15) is 0 Å². The van der Waals surface area contributed by atoms with E-state index < -0.39 is 0 Å². The Bertz CT molecular complexity index is 379. The summed E-state index contributed by atoms with van der Waals surface area (Å²) in [4.78, 5) is 0. The van der Waals surface area contributed by atoms with Gasteiger partial charge in [0, 0.05) is 24.7 Å². The molecule has 1 aromatic rings. The quantitative estimate of drug-likeness (QED) is 0.780. The van der Waals surface area contributed by atoms with Crippen molar-refractivity contribution < 1.29 is 0 Å². The molecule has 1 unspecified atom stereocenters. The molecule has 1 aliphatic rings. The summed E-state index contributed by atoms with van der Waals surface area (Å²) in [7, 11) is 0. The van der Waals surface area contributed by atoms with Gasteiger partial charge in [0.1, 0.15) is 0 Å². The number of aryl methyl sites for hydroxylation is 2. The van der Waals surface area contributed by atoms with E-state index >= 15 is 0 Å². The summed E-state index contributed by atoms with van der Waals surface area (Å²) < 4.78 is 2.19. The second-order valence-corrected chi connectivity index (χ2v) is 5.75. The highest BCUT2D eigenvalue weighted by atomic mass is 15.3. The normalized spacial score (nSPS) is 17.4. The minimum Gasteiger partial charge on any atom is -0.313 e. The molecule has 0 radical (unpaired) electrons. The van der Waals surface area contributed by atoms with E-state index in [1.807, 2.05) is 0 Å². The third-order valence-corrected chi connectivity index (χ3v) is 4.38. The van der Waals surface area contributed by atoms with Crippen molar-refractivity contribution in [2.45, 2.75) is 71.9 Å². The van der Waals surface area contributed by atoms with Gasteiger partial charge in [-0.3, -0.25) is 4.68 Å². The lowest BCUT2D eigenvalue weighted by Gasteiger charge is -2.34. The van der Waals surface area contributed by atoms with Gasteiger partial charge in [0.05, 0.1) is 5.69 Å². The first-order valence-corrected chi connectivity index (χ1v) is 8.07. The van der Waals surface area contributed by atoms with Crippen LogP contribution in [0, 0.1) is 5.92 Å². The maximum absolute atomic E-state index is 4.67.